The summed E-state index contributed by atoms with van der Waals surface area (Å²) in [7, 11) is 0. The number of nitrogens with zero attached hydrogens (tertiary/aromatic N) is 6. The summed E-state index contributed by atoms with van der Waals surface area (Å²) >= 11 is 0. The fraction of sp³-hybridized carbons (Fsp3) is 0.682. The smallest absolute Gasteiger partial charge is 0.258 e. The van der Waals surface area contributed by atoms with E-state index in [1.807, 2.05) is 39.2 Å². The number of ether oxygens (including phenoxy) is 3. The molecular formula is C22H31N7O4. The molecule has 11 nitrogen and oxygen atoms in total. The minimum atomic E-state index is -0.780. The van der Waals surface area contributed by atoms with Crippen molar-refractivity contribution in [3.05, 3.63) is 24.4 Å². The lowest BCUT2D eigenvalue weighted by Gasteiger charge is -2.23. The van der Waals surface area contributed by atoms with Crippen molar-refractivity contribution in [1.82, 2.24) is 29.7 Å². The molecule has 2 aliphatic heterocycles. The molecule has 0 unspecified atom stereocenters. The van der Waals surface area contributed by atoms with E-state index < -0.39 is 30.3 Å². The van der Waals surface area contributed by atoms with Crippen LogP contribution in [0.4, 0.5) is 5.82 Å². The van der Waals surface area contributed by atoms with Crippen LogP contribution in [0.25, 0.3) is 11.2 Å². The first-order valence-corrected chi connectivity index (χ1v) is 11.3. The van der Waals surface area contributed by atoms with Gasteiger partial charge in [0.2, 0.25) is 0 Å². The van der Waals surface area contributed by atoms with Crippen molar-refractivity contribution in [1.29, 1.82) is 0 Å². The maximum atomic E-state index is 6.42. The van der Waals surface area contributed by atoms with Gasteiger partial charge in [-0.25, -0.2) is 15.0 Å². The van der Waals surface area contributed by atoms with Gasteiger partial charge in [-0.3, -0.25) is 4.57 Å². The molecule has 3 aromatic heterocycles. The van der Waals surface area contributed by atoms with Gasteiger partial charge in [0.05, 0.1) is 6.33 Å². The van der Waals surface area contributed by atoms with E-state index in [1.165, 1.54) is 6.33 Å². The fourth-order valence-corrected chi connectivity index (χ4v) is 4.12. The Kier molecular flexibility index (Phi) is 5.18. The van der Waals surface area contributed by atoms with Crippen LogP contribution in [0.3, 0.4) is 0 Å². The molecule has 0 radical (unpaired) electrons. The van der Waals surface area contributed by atoms with Crippen LogP contribution in [-0.4, -0.2) is 54.2 Å². The van der Waals surface area contributed by atoms with Crippen molar-refractivity contribution in [3.8, 4) is 0 Å². The zero-order valence-corrected chi connectivity index (χ0v) is 20.1. The topological polar surface area (TPSA) is 122 Å². The summed E-state index contributed by atoms with van der Waals surface area (Å²) in [6, 6.07) is 0. The lowest BCUT2D eigenvalue weighted by molar-refractivity contribution is -0.199. The number of rotatable bonds is 5. The van der Waals surface area contributed by atoms with Gasteiger partial charge in [0.1, 0.15) is 18.5 Å². The fourth-order valence-electron chi connectivity index (χ4n) is 4.12. The maximum Gasteiger partial charge on any atom is 0.258 e. The molecule has 2 fully saturated rings. The van der Waals surface area contributed by atoms with E-state index in [-0.39, 0.29) is 5.41 Å². The Balaban J connectivity index is 1.50. The van der Waals surface area contributed by atoms with Crippen molar-refractivity contribution in [2.45, 2.75) is 84.2 Å². The van der Waals surface area contributed by atoms with Crippen LogP contribution in [0.15, 0.2) is 17.2 Å². The van der Waals surface area contributed by atoms with Gasteiger partial charge in [0.15, 0.2) is 40.9 Å². The first kappa shape index (κ1) is 22.2. The molecule has 0 spiro atoms. The summed E-state index contributed by atoms with van der Waals surface area (Å²) in [5.74, 6) is 1.36. The number of aromatic nitrogens is 6. The van der Waals surface area contributed by atoms with Crippen LogP contribution in [0.1, 0.15) is 72.5 Å². The third-order valence-electron chi connectivity index (χ3n) is 5.70. The Morgan fingerprint density at radius 1 is 1.12 bits per heavy atom. The second kappa shape index (κ2) is 7.71. The Morgan fingerprint density at radius 2 is 1.88 bits per heavy atom. The van der Waals surface area contributed by atoms with Crippen molar-refractivity contribution in [3.63, 3.8) is 0 Å². The number of nitrogens with one attached hydrogen (secondary N) is 1. The Hall–Kier alpha value is -2.63. The lowest BCUT2D eigenvalue weighted by Crippen LogP contribution is -2.27. The molecule has 5 heterocycles. The second-order valence-electron chi connectivity index (χ2n) is 10.5. The van der Waals surface area contributed by atoms with Gasteiger partial charge in [-0.15, -0.1) is 0 Å². The van der Waals surface area contributed by atoms with E-state index in [2.05, 4.69) is 44.3 Å². The Labute approximate surface area is 192 Å². The Bertz CT molecular complexity index is 1150. The molecule has 1 N–H and O–H groups in total. The largest absolute Gasteiger partial charge is 0.368 e. The number of fused-ring (bicyclic) bond motifs is 2. The quantitative estimate of drug-likeness (QED) is 0.610. The van der Waals surface area contributed by atoms with Gasteiger partial charge in [-0.1, -0.05) is 39.8 Å². The highest BCUT2D eigenvalue weighted by Gasteiger charge is 2.58. The minimum absolute atomic E-state index is 0.248. The van der Waals surface area contributed by atoms with E-state index in [9.17, 15) is 0 Å². The van der Waals surface area contributed by atoms with Crippen molar-refractivity contribution in [2.75, 3.05) is 11.9 Å². The zero-order valence-electron chi connectivity index (χ0n) is 20.1. The third-order valence-corrected chi connectivity index (χ3v) is 5.70. The molecule has 0 aliphatic carbocycles. The summed E-state index contributed by atoms with van der Waals surface area (Å²) < 4.78 is 26.3. The van der Waals surface area contributed by atoms with Crippen LogP contribution in [0.5, 0.6) is 0 Å². The standard InChI is InChI=1S/C22H31N7O4/c1-11(2)8-23-16-12-17(25-9-24-16)29(10-26-12)19-15-13(31-22(6,7)32-15)14(30-19)18-27-20(28-33-18)21(3,4)5/h9-11,13-15,19H,8H2,1-7H3,(H,23,24,25)/t13-,14-,15+,19+/m0/s1. The maximum absolute atomic E-state index is 6.42. The first-order chi connectivity index (χ1) is 15.5. The predicted octanol–water partition coefficient (Wildman–Crippen LogP) is 3.36. The van der Waals surface area contributed by atoms with E-state index in [0.717, 1.165) is 6.54 Å². The monoisotopic (exact) mass is 457 g/mol. The molecule has 0 amide bonds. The summed E-state index contributed by atoms with van der Waals surface area (Å²) in [5, 5.41) is 7.50. The van der Waals surface area contributed by atoms with Gasteiger partial charge in [-0.2, -0.15) is 4.98 Å². The van der Waals surface area contributed by atoms with E-state index in [0.29, 0.717) is 34.6 Å². The van der Waals surface area contributed by atoms with Crippen LogP contribution >= 0.6 is 0 Å². The van der Waals surface area contributed by atoms with Crippen LogP contribution in [0, 0.1) is 5.92 Å². The second-order valence-corrected chi connectivity index (χ2v) is 10.5. The highest BCUT2D eigenvalue weighted by Crippen LogP contribution is 2.49. The highest BCUT2D eigenvalue weighted by atomic mass is 16.8. The molecule has 11 heteroatoms. The minimum Gasteiger partial charge on any atom is -0.368 e. The van der Waals surface area contributed by atoms with Crippen LogP contribution in [0.2, 0.25) is 0 Å². The van der Waals surface area contributed by atoms with E-state index in [1.54, 1.807) is 6.33 Å². The first-order valence-electron chi connectivity index (χ1n) is 11.3. The SMILES string of the molecule is CC(C)CNc1ncnc2c1ncn2[C@@H]1O[C@H](c2nc(C(C)(C)C)no2)[C@@H]2OC(C)(C)O[C@H]21. The van der Waals surface area contributed by atoms with Crippen LogP contribution in [-0.2, 0) is 19.6 Å². The van der Waals surface area contributed by atoms with Gasteiger partial charge in [0, 0.05) is 12.0 Å². The molecular weight excluding hydrogens is 426 g/mol. The van der Waals surface area contributed by atoms with Crippen molar-refractivity contribution >= 4 is 17.0 Å². The highest BCUT2D eigenvalue weighted by molar-refractivity contribution is 5.82. The summed E-state index contributed by atoms with van der Waals surface area (Å²) in [5.41, 5.74) is 1.07. The number of hydrogen-bond acceptors (Lipinski definition) is 10. The molecule has 4 atom stereocenters. The molecule has 2 aliphatic rings. The molecule has 0 bridgehead atoms. The van der Waals surface area contributed by atoms with Gasteiger partial charge in [-0.05, 0) is 19.8 Å². The zero-order chi connectivity index (χ0) is 23.5. The number of anilines is 1. The third kappa shape index (κ3) is 3.98. The molecule has 33 heavy (non-hydrogen) atoms. The van der Waals surface area contributed by atoms with Gasteiger partial charge in [0.25, 0.3) is 5.89 Å². The van der Waals surface area contributed by atoms with E-state index >= 15 is 0 Å². The molecule has 178 valence electrons. The van der Waals surface area contributed by atoms with Crippen molar-refractivity contribution in [2.24, 2.45) is 5.92 Å². The molecule has 0 aromatic carbocycles. The lowest BCUT2D eigenvalue weighted by atomic mass is 9.96. The average Bonchev–Trinajstić information content (AvgIpc) is 3.47. The van der Waals surface area contributed by atoms with Crippen LogP contribution < -0.4 is 5.32 Å². The Morgan fingerprint density at radius 3 is 2.58 bits per heavy atom. The molecule has 2 saturated heterocycles. The molecule has 3 aromatic rings. The van der Waals surface area contributed by atoms with Gasteiger partial charge >= 0.3 is 0 Å². The van der Waals surface area contributed by atoms with Gasteiger partial charge < -0.3 is 24.1 Å². The molecule has 5 rings (SSSR count). The predicted molar refractivity (Wildman–Crippen MR) is 118 cm³/mol. The normalized spacial score (nSPS) is 26.9. The average molecular weight is 458 g/mol. The number of hydrogen-bond donors (Lipinski definition) is 1. The van der Waals surface area contributed by atoms with E-state index in [4.69, 9.17) is 18.7 Å². The molecule has 0 saturated carbocycles. The summed E-state index contributed by atoms with van der Waals surface area (Å²) in [6.07, 6.45) is 1.28. The summed E-state index contributed by atoms with van der Waals surface area (Å²) in [6.45, 7) is 14.9. The van der Waals surface area contributed by atoms with Crippen molar-refractivity contribution < 1.29 is 18.7 Å². The number of imidazole rings is 1. The summed E-state index contributed by atoms with van der Waals surface area (Å²) in [4.78, 5) is 18.0.